The van der Waals surface area contributed by atoms with Gasteiger partial charge in [-0.3, -0.25) is 4.79 Å². The molecular formula is C22H25BrO6. The standard InChI is InChI=1S/C22H25BrO6/c23-17-9-11-18(12-10-17)29-15-5-3-6-16-8-13-20(24)19(16)7-2-1-4-14-22(27,28)21(25)26/h2-4,6,9-12,16,19,27-28H,5,7-8,13-15H2,(H,25,26)/b6-3+/t1?,16-,19+/m0/s1. The summed E-state index contributed by atoms with van der Waals surface area (Å²) in [5, 5.41) is 27.0. The number of allylic oxidation sites excluding steroid dienone is 1. The van der Waals surface area contributed by atoms with Gasteiger partial charge in [0.2, 0.25) is 0 Å². The Labute approximate surface area is 178 Å². The number of aliphatic carboxylic acids is 1. The number of ketones is 1. The van der Waals surface area contributed by atoms with E-state index in [1.165, 1.54) is 6.08 Å². The van der Waals surface area contributed by atoms with Crippen molar-refractivity contribution in [3.63, 3.8) is 0 Å². The minimum Gasteiger partial charge on any atom is -0.493 e. The van der Waals surface area contributed by atoms with E-state index in [0.29, 0.717) is 19.4 Å². The molecule has 29 heavy (non-hydrogen) atoms. The summed E-state index contributed by atoms with van der Waals surface area (Å²) in [6, 6.07) is 7.63. The zero-order valence-electron chi connectivity index (χ0n) is 16.0. The third kappa shape index (κ3) is 7.63. The molecule has 0 spiro atoms. The molecule has 1 aromatic rings. The third-order valence-corrected chi connectivity index (χ3v) is 5.27. The number of carbonyl (C=O) groups excluding carboxylic acids is 1. The van der Waals surface area contributed by atoms with Gasteiger partial charge in [0.15, 0.2) is 0 Å². The maximum atomic E-state index is 12.1. The molecule has 0 radical (unpaired) electrons. The van der Waals surface area contributed by atoms with E-state index in [4.69, 9.17) is 9.84 Å². The van der Waals surface area contributed by atoms with E-state index in [1.54, 1.807) is 6.08 Å². The highest BCUT2D eigenvalue weighted by Crippen LogP contribution is 2.32. The second kappa shape index (κ2) is 11.1. The first-order valence-corrected chi connectivity index (χ1v) is 10.2. The highest BCUT2D eigenvalue weighted by atomic mass is 79.9. The summed E-state index contributed by atoms with van der Waals surface area (Å²) in [5.41, 5.74) is 2.73. The fourth-order valence-electron chi connectivity index (χ4n) is 3.08. The van der Waals surface area contributed by atoms with Crippen molar-refractivity contribution in [1.29, 1.82) is 0 Å². The predicted molar refractivity (Wildman–Crippen MR) is 111 cm³/mol. The first-order chi connectivity index (χ1) is 13.8. The van der Waals surface area contributed by atoms with Crippen molar-refractivity contribution in [2.75, 3.05) is 6.61 Å². The summed E-state index contributed by atoms with van der Waals surface area (Å²) in [6.45, 7) is 0.555. The van der Waals surface area contributed by atoms with Gasteiger partial charge in [0.25, 0.3) is 5.79 Å². The summed E-state index contributed by atoms with van der Waals surface area (Å²) < 4.78 is 6.67. The fraction of sp³-hybridized carbons (Fsp3) is 0.409. The molecule has 1 aromatic carbocycles. The number of benzene rings is 1. The summed E-state index contributed by atoms with van der Waals surface area (Å²) in [4.78, 5) is 22.7. The van der Waals surface area contributed by atoms with Crippen LogP contribution in [0.1, 0.15) is 32.1 Å². The van der Waals surface area contributed by atoms with Crippen LogP contribution in [-0.2, 0) is 9.59 Å². The van der Waals surface area contributed by atoms with Crippen LogP contribution in [0, 0.1) is 11.8 Å². The minimum absolute atomic E-state index is 0.132. The van der Waals surface area contributed by atoms with Crippen LogP contribution < -0.4 is 4.74 Å². The number of rotatable bonds is 10. The molecule has 2 atom stereocenters. The monoisotopic (exact) mass is 464 g/mol. The van der Waals surface area contributed by atoms with Crippen LogP contribution in [0.4, 0.5) is 0 Å². The van der Waals surface area contributed by atoms with E-state index in [9.17, 15) is 19.8 Å². The molecule has 3 N–H and O–H groups in total. The van der Waals surface area contributed by atoms with Crippen molar-refractivity contribution in [2.45, 2.75) is 37.9 Å². The SMILES string of the molecule is O=C1CC[C@H](/C=C/CCOc2ccc(Br)cc2)[C@H]1CC=C=CCC(O)(O)C(=O)O. The maximum absolute atomic E-state index is 12.1. The topological polar surface area (TPSA) is 104 Å². The molecule has 6 nitrogen and oxygen atoms in total. The van der Waals surface area contributed by atoms with Gasteiger partial charge in [-0.2, -0.15) is 0 Å². The maximum Gasteiger partial charge on any atom is 0.364 e. The molecule has 0 aliphatic heterocycles. The Bertz CT molecular complexity index is 790. The second-order valence-corrected chi connectivity index (χ2v) is 7.85. The predicted octanol–water partition coefficient (Wildman–Crippen LogP) is 3.63. The van der Waals surface area contributed by atoms with E-state index in [1.807, 2.05) is 30.3 Å². The minimum atomic E-state index is -2.80. The van der Waals surface area contributed by atoms with Crippen molar-refractivity contribution in [3.05, 3.63) is 58.8 Å². The number of carboxylic acid groups (broad SMARTS) is 1. The molecule has 156 valence electrons. The Kier molecular flexibility index (Phi) is 8.86. The van der Waals surface area contributed by atoms with Gasteiger partial charge in [-0.15, -0.1) is 5.73 Å². The average molecular weight is 465 g/mol. The van der Waals surface area contributed by atoms with Crippen LogP contribution in [0.25, 0.3) is 0 Å². The van der Waals surface area contributed by atoms with Crippen LogP contribution >= 0.6 is 15.9 Å². The van der Waals surface area contributed by atoms with Gasteiger partial charge < -0.3 is 20.1 Å². The lowest BCUT2D eigenvalue weighted by Crippen LogP contribution is -2.37. The Morgan fingerprint density at radius 3 is 2.69 bits per heavy atom. The number of Topliss-reactive ketones (excluding diaryl/α,β-unsaturated/α-hetero) is 1. The second-order valence-electron chi connectivity index (χ2n) is 6.93. The molecule has 0 amide bonds. The highest BCUT2D eigenvalue weighted by Gasteiger charge is 2.32. The molecule has 1 aliphatic carbocycles. The molecular weight excluding hydrogens is 440 g/mol. The summed E-state index contributed by atoms with van der Waals surface area (Å²) in [5.74, 6) is -3.48. The molecule has 0 unspecified atom stereocenters. The lowest BCUT2D eigenvalue weighted by molar-refractivity contribution is -0.201. The number of hydrogen-bond acceptors (Lipinski definition) is 5. The Balaban J connectivity index is 1.78. The molecule has 1 aliphatic rings. The van der Waals surface area contributed by atoms with Gasteiger partial charge in [-0.25, -0.2) is 4.79 Å². The van der Waals surface area contributed by atoms with Crippen molar-refractivity contribution < 1.29 is 29.6 Å². The van der Waals surface area contributed by atoms with Gasteiger partial charge in [0.05, 0.1) is 6.61 Å². The van der Waals surface area contributed by atoms with Crippen molar-refractivity contribution in [1.82, 2.24) is 0 Å². The van der Waals surface area contributed by atoms with E-state index >= 15 is 0 Å². The fourth-order valence-corrected chi connectivity index (χ4v) is 3.35. The number of carbonyl (C=O) groups is 2. The van der Waals surface area contributed by atoms with E-state index in [0.717, 1.165) is 23.1 Å². The lowest BCUT2D eigenvalue weighted by Gasteiger charge is -2.13. The Hall–Kier alpha value is -2.18. The third-order valence-electron chi connectivity index (χ3n) is 4.74. The van der Waals surface area contributed by atoms with Gasteiger partial charge in [0.1, 0.15) is 11.5 Å². The first kappa shape index (κ1) is 23.1. The summed E-state index contributed by atoms with van der Waals surface area (Å²) in [6.07, 6.45) is 9.09. The normalized spacial score (nSPS) is 19.2. The Morgan fingerprint density at radius 1 is 1.28 bits per heavy atom. The van der Waals surface area contributed by atoms with Crippen molar-refractivity contribution >= 4 is 27.7 Å². The number of aliphatic hydroxyl groups is 2. The average Bonchev–Trinajstić information content (AvgIpc) is 3.02. The smallest absolute Gasteiger partial charge is 0.364 e. The van der Waals surface area contributed by atoms with Crippen molar-refractivity contribution in [3.8, 4) is 5.75 Å². The van der Waals surface area contributed by atoms with E-state index in [-0.39, 0.29) is 17.6 Å². The molecule has 2 rings (SSSR count). The lowest BCUT2D eigenvalue weighted by atomic mass is 9.91. The number of halogens is 1. The van der Waals surface area contributed by atoms with Crippen LogP contribution in [0.15, 0.2) is 58.8 Å². The zero-order valence-corrected chi connectivity index (χ0v) is 17.5. The van der Waals surface area contributed by atoms with E-state index < -0.39 is 18.2 Å². The summed E-state index contributed by atoms with van der Waals surface area (Å²) in [7, 11) is 0. The summed E-state index contributed by atoms with van der Waals surface area (Å²) >= 11 is 3.38. The zero-order chi connectivity index (χ0) is 21.3. The number of ether oxygens (including phenoxy) is 1. The largest absolute Gasteiger partial charge is 0.493 e. The van der Waals surface area contributed by atoms with Crippen LogP contribution in [0.5, 0.6) is 5.75 Å². The van der Waals surface area contributed by atoms with Gasteiger partial charge in [-0.05, 0) is 61.6 Å². The molecule has 0 bridgehead atoms. The quantitative estimate of drug-likeness (QED) is 0.211. The number of hydrogen-bond donors (Lipinski definition) is 3. The van der Waals surface area contributed by atoms with Crippen LogP contribution in [0.2, 0.25) is 0 Å². The molecule has 0 saturated heterocycles. The molecule has 7 heteroatoms. The number of carboxylic acids is 1. The van der Waals surface area contributed by atoms with Gasteiger partial charge >= 0.3 is 5.97 Å². The van der Waals surface area contributed by atoms with Crippen LogP contribution in [0.3, 0.4) is 0 Å². The highest BCUT2D eigenvalue weighted by molar-refractivity contribution is 9.10. The Morgan fingerprint density at radius 2 is 2.00 bits per heavy atom. The molecule has 0 aromatic heterocycles. The van der Waals surface area contributed by atoms with Crippen molar-refractivity contribution in [2.24, 2.45) is 11.8 Å². The van der Waals surface area contributed by atoms with Crippen LogP contribution in [-0.4, -0.2) is 39.5 Å². The van der Waals surface area contributed by atoms with E-state index in [2.05, 4.69) is 27.7 Å². The first-order valence-electron chi connectivity index (χ1n) is 9.45. The van der Waals surface area contributed by atoms with Gasteiger partial charge in [-0.1, -0.05) is 28.1 Å². The molecule has 1 fully saturated rings. The van der Waals surface area contributed by atoms with Gasteiger partial charge in [0, 0.05) is 23.2 Å². The molecule has 0 heterocycles. The molecule has 1 saturated carbocycles.